The zero-order valence-corrected chi connectivity index (χ0v) is 10.7. The smallest absolute Gasteiger partial charge is 0.245 e. The van der Waals surface area contributed by atoms with Crippen molar-refractivity contribution in [3.05, 3.63) is 10.6 Å². The second-order valence-electron chi connectivity index (χ2n) is 4.03. The quantitative estimate of drug-likeness (QED) is 0.869. The third-order valence-corrected chi connectivity index (χ3v) is 4.00. The van der Waals surface area contributed by atoms with Crippen molar-refractivity contribution in [1.82, 2.24) is 10.3 Å². The molecule has 0 radical (unpaired) electrons. The number of amides is 1. The minimum absolute atomic E-state index is 0.0190. The van der Waals surface area contributed by atoms with Crippen LogP contribution in [0.1, 0.15) is 23.9 Å². The van der Waals surface area contributed by atoms with E-state index in [9.17, 15) is 4.79 Å². The molecule has 1 aromatic heterocycles. The summed E-state index contributed by atoms with van der Waals surface area (Å²) in [7, 11) is 0. The monoisotopic (exact) mass is 239 g/mol. The van der Waals surface area contributed by atoms with Gasteiger partial charge in [0, 0.05) is 11.4 Å². The fraction of sp³-hybridized carbons (Fsp3) is 0.636. The number of carbonyl (C=O) groups excluding carboxylic acids is 1. The molecule has 1 fully saturated rings. The SMILES string of the molecule is CCNC1CCN(c2nc(C)c(C)s2)C1=O. The van der Waals surface area contributed by atoms with Crippen LogP contribution >= 0.6 is 11.3 Å². The highest BCUT2D eigenvalue weighted by molar-refractivity contribution is 7.15. The van der Waals surface area contributed by atoms with E-state index in [1.807, 2.05) is 20.8 Å². The summed E-state index contributed by atoms with van der Waals surface area (Å²) in [5, 5.41) is 4.05. The molecule has 4 nitrogen and oxygen atoms in total. The predicted molar refractivity (Wildman–Crippen MR) is 66.0 cm³/mol. The molecule has 0 spiro atoms. The normalized spacial score (nSPS) is 20.8. The molecular formula is C11H17N3OS. The molecule has 0 aliphatic carbocycles. The van der Waals surface area contributed by atoms with E-state index in [4.69, 9.17) is 0 Å². The molecule has 1 aliphatic rings. The van der Waals surface area contributed by atoms with Crippen LogP contribution in [0.4, 0.5) is 5.13 Å². The van der Waals surface area contributed by atoms with Crippen molar-refractivity contribution >= 4 is 22.4 Å². The second-order valence-corrected chi connectivity index (χ2v) is 5.21. The highest BCUT2D eigenvalue weighted by Crippen LogP contribution is 2.28. The van der Waals surface area contributed by atoms with Gasteiger partial charge in [-0.05, 0) is 26.8 Å². The first kappa shape index (κ1) is 11.5. The topological polar surface area (TPSA) is 45.2 Å². The van der Waals surface area contributed by atoms with E-state index in [2.05, 4.69) is 10.3 Å². The zero-order valence-electron chi connectivity index (χ0n) is 9.91. The molecule has 1 saturated heterocycles. The van der Waals surface area contributed by atoms with Gasteiger partial charge in [-0.25, -0.2) is 4.98 Å². The Morgan fingerprint density at radius 2 is 2.31 bits per heavy atom. The number of thiazole rings is 1. The Morgan fingerprint density at radius 1 is 1.56 bits per heavy atom. The van der Waals surface area contributed by atoms with E-state index in [1.165, 1.54) is 4.88 Å². The maximum Gasteiger partial charge on any atom is 0.245 e. The summed E-state index contributed by atoms with van der Waals surface area (Å²) in [5.41, 5.74) is 1.03. The number of aromatic nitrogens is 1. The van der Waals surface area contributed by atoms with Gasteiger partial charge in [0.25, 0.3) is 0 Å². The summed E-state index contributed by atoms with van der Waals surface area (Å²) in [6, 6.07) is -0.0190. The van der Waals surface area contributed by atoms with Gasteiger partial charge < -0.3 is 5.32 Å². The Hall–Kier alpha value is -0.940. The fourth-order valence-corrected chi connectivity index (χ4v) is 2.82. The lowest BCUT2D eigenvalue weighted by Crippen LogP contribution is -2.38. The van der Waals surface area contributed by atoms with Gasteiger partial charge in [0.15, 0.2) is 5.13 Å². The Balaban J connectivity index is 2.15. The van der Waals surface area contributed by atoms with E-state index in [-0.39, 0.29) is 11.9 Å². The Morgan fingerprint density at radius 3 is 2.88 bits per heavy atom. The van der Waals surface area contributed by atoms with Crippen molar-refractivity contribution in [3.8, 4) is 0 Å². The largest absolute Gasteiger partial charge is 0.306 e. The molecular weight excluding hydrogens is 222 g/mol. The van der Waals surface area contributed by atoms with Crippen molar-refractivity contribution < 1.29 is 4.79 Å². The molecule has 0 saturated carbocycles. The minimum Gasteiger partial charge on any atom is -0.306 e. The maximum atomic E-state index is 12.0. The van der Waals surface area contributed by atoms with Crippen LogP contribution in [-0.2, 0) is 4.79 Å². The number of hydrogen-bond donors (Lipinski definition) is 1. The molecule has 1 aromatic rings. The van der Waals surface area contributed by atoms with Crippen LogP contribution in [0.5, 0.6) is 0 Å². The van der Waals surface area contributed by atoms with E-state index in [0.717, 1.165) is 30.3 Å². The van der Waals surface area contributed by atoms with Gasteiger partial charge in [-0.1, -0.05) is 6.92 Å². The minimum atomic E-state index is -0.0190. The third-order valence-electron chi connectivity index (χ3n) is 2.90. The predicted octanol–water partition coefficient (Wildman–Crippen LogP) is 1.47. The molecule has 1 N–H and O–H groups in total. The van der Waals surface area contributed by atoms with Crippen molar-refractivity contribution in [2.75, 3.05) is 18.0 Å². The average Bonchev–Trinajstić information content (AvgIpc) is 2.74. The van der Waals surface area contributed by atoms with Crippen LogP contribution in [0.25, 0.3) is 0 Å². The molecule has 5 heteroatoms. The Kier molecular flexibility index (Phi) is 3.25. The summed E-state index contributed by atoms with van der Waals surface area (Å²) >= 11 is 1.60. The number of hydrogen-bond acceptors (Lipinski definition) is 4. The number of nitrogens with zero attached hydrogens (tertiary/aromatic N) is 2. The first-order valence-electron chi connectivity index (χ1n) is 5.62. The molecule has 0 aromatic carbocycles. The van der Waals surface area contributed by atoms with Crippen molar-refractivity contribution in [1.29, 1.82) is 0 Å². The summed E-state index contributed by atoms with van der Waals surface area (Å²) in [5.74, 6) is 0.163. The number of rotatable bonds is 3. The highest BCUT2D eigenvalue weighted by atomic mass is 32.1. The van der Waals surface area contributed by atoms with Crippen molar-refractivity contribution in [2.24, 2.45) is 0 Å². The van der Waals surface area contributed by atoms with Crippen LogP contribution in [0.3, 0.4) is 0 Å². The molecule has 1 atom stereocenters. The van der Waals surface area contributed by atoms with Gasteiger partial charge in [-0.3, -0.25) is 9.69 Å². The standard InChI is InChI=1S/C11H17N3OS/c1-4-12-9-5-6-14(10(9)15)11-13-7(2)8(3)16-11/h9,12H,4-6H2,1-3H3. The van der Waals surface area contributed by atoms with E-state index in [1.54, 1.807) is 16.2 Å². The number of aryl methyl sites for hydroxylation is 2. The lowest BCUT2D eigenvalue weighted by Gasteiger charge is -2.13. The highest BCUT2D eigenvalue weighted by Gasteiger charge is 2.33. The van der Waals surface area contributed by atoms with Crippen molar-refractivity contribution in [3.63, 3.8) is 0 Å². The maximum absolute atomic E-state index is 12.0. The van der Waals surface area contributed by atoms with Crippen LogP contribution in [0.15, 0.2) is 0 Å². The lowest BCUT2D eigenvalue weighted by molar-refractivity contribution is -0.118. The molecule has 1 unspecified atom stereocenters. The number of likely N-dealkylation sites (N-methyl/N-ethyl adjacent to an activating group) is 1. The summed E-state index contributed by atoms with van der Waals surface area (Å²) in [6.07, 6.45) is 0.879. The number of anilines is 1. The van der Waals surface area contributed by atoms with Gasteiger partial charge in [0.05, 0.1) is 11.7 Å². The van der Waals surface area contributed by atoms with E-state index in [0.29, 0.717) is 0 Å². The molecule has 1 aliphatic heterocycles. The van der Waals surface area contributed by atoms with Gasteiger partial charge in [0.1, 0.15) is 0 Å². The molecule has 2 rings (SSSR count). The Bertz CT molecular complexity index is 382. The average molecular weight is 239 g/mol. The van der Waals surface area contributed by atoms with Crippen LogP contribution in [-0.4, -0.2) is 30.0 Å². The third kappa shape index (κ3) is 1.97. The summed E-state index contributed by atoms with van der Waals surface area (Å²) in [4.78, 5) is 19.5. The van der Waals surface area contributed by atoms with Gasteiger partial charge >= 0.3 is 0 Å². The van der Waals surface area contributed by atoms with E-state index < -0.39 is 0 Å². The number of nitrogens with one attached hydrogen (secondary N) is 1. The molecule has 16 heavy (non-hydrogen) atoms. The van der Waals surface area contributed by atoms with Crippen molar-refractivity contribution in [2.45, 2.75) is 33.2 Å². The van der Waals surface area contributed by atoms with Crippen LogP contribution in [0.2, 0.25) is 0 Å². The molecule has 1 amide bonds. The number of carbonyl (C=O) groups is 1. The van der Waals surface area contributed by atoms with Crippen LogP contribution < -0.4 is 10.2 Å². The first-order chi connectivity index (χ1) is 7.63. The van der Waals surface area contributed by atoms with Gasteiger partial charge in [-0.2, -0.15) is 0 Å². The lowest BCUT2D eigenvalue weighted by atomic mass is 10.2. The first-order valence-corrected chi connectivity index (χ1v) is 6.44. The molecule has 0 bridgehead atoms. The van der Waals surface area contributed by atoms with Gasteiger partial charge in [0.2, 0.25) is 5.91 Å². The molecule has 88 valence electrons. The molecule has 2 heterocycles. The zero-order chi connectivity index (χ0) is 11.7. The Labute approximate surface area is 99.7 Å². The van der Waals surface area contributed by atoms with E-state index >= 15 is 0 Å². The van der Waals surface area contributed by atoms with Crippen LogP contribution in [0, 0.1) is 13.8 Å². The summed E-state index contributed by atoms with van der Waals surface area (Å²) < 4.78 is 0. The van der Waals surface area contributed by atoms with Gasteiger partial charge in [-0.15, -0.1) is 11.3 Å². The fourth-order valence-electron chi connectivity index (χ4n) is 1.88. The second kappa shape index (κ2) is 4.51. The summed E-state index contributed by atoms with van der Waals surface area (Å²) in [6.45, 7) is 7.66.